The van der Waals surface area contributed by atoms with Crippen LogP contribution in [-0.2, 0) is 19.5 Å². The number of fused-ring (bicyclic) bond motifs is 2. The van der Waals surface area contributed by atoms with E-state index >= 15 is 0 Å². The molecular formula is C28H30N6O2. The second-order valence-electron chi connectivity index (χ2n) is 9.69. The third kappa shape index (κ3) is 4.33. The van der Waals surface area contributed by atoms with E-state index in [0.717, 1.165) is 42.1 Å². The highest BCUT2D eigenvalue weighted by molar-refractivity contribution is 5.93. The van der Waals surface area contributed by atoms with Gasteiger partial charge in [-0.05, 0) is 67.4 Å². The summed E-state index contributed by atoms with van der Waals surface area (Å²) in [4.78, 5) is 40.0. The lowest BCUT2D eigenvalue weighted by Crippen LogP contribution is -2.41. The van der Waals surface area contributed by atoms with E-state index in [1.165, 1.54) is 19.3 Å². The van der Waals surface area contributed by atoms with Gasteiger partial charge in [0.25, 0.3) is 11.5 Å². The monoisotopic (exact) mass is 482 g/mol. The lowest BCUT2D eigenvalue weighted by Gasteiger charge is -2.32. The van der Waals surface area contributed by atoms with Crippen LogP contribution in [0.25, 0.3) is 16.8 Å². The molecule has 1 fully saturated rings. The maximum Gasteiger partial charge on any atom is 0.274 e. The molecule has 8 heteroatoms. The molecule has 0 radical (unpaired) electrons. The smallest absolute Gasteiger partial charge is 0.274 e. The van der Waals surface area contributed by atoms with Crippen molar-refractivity contribution in [1.29, 1.82) is 0 Å². The van der Waals surface area contributed by atoms with E-state index in [4.69, 9.17) is 0 Å². The molecule has 2 aliphatic heterocycles. The van der Waals surface area contributed by atoms with Crippen LogP contribution in [0.2, 0.25) is 0 Å². The number of carbonyl (C=O) groups is 1. The first kappa shape index (κ1) is 22.7. The number of hydrogen-bond donors (Lipinski definition) is 0. The summed E-state index contributed by atoms with van der Waals surface area (Å²) in [5, 5.41) is 0. The van der Waals surface area contributed by atoms with Crippen molar-refractivity contribution in [2.75, 3.05) is 26.2 Å². The van der Waals surface area contributed by atoms with Crippen molar-refractivity contribution in [2.24, 2.45) is 0 Å². The Kier molecular flexibility index (Phi) is 6.11. The summed E-state index contributed by atoms with van der Waals surface area (Å²) in [5.74, 6) is -0.0825. The Balaban J connectivity index is 1.33. The van der Waals surface area contributed by atoms with Crippen molar-refractivity contribution in [2.45, 2.75) is 38.8 Å². The van der Waals surface area contributed by atoms with Crippen molar-refractivity contribution in [3.63, 3.8) is 0 Å². The Morgan fingerprint density at radius 3 is 2.61 bits per heavy atom. The zero-order valence-electron chi connectivity index (χ0n) is 20.3. The summed E-state index contributed by atoms with van der Waals surface area (Å²) in [6.07, 6.45) is 11.5. The highest BCUT2D eigenvalue weighted by Gasteiger charge is 2.27. The van der Waals surface area contributed by atoms with Gasteiger partial charge in [-0.25, -0.2) is 4.98 Å². The number of likely N-dealkylation sites (tertiary alicyclic amines) is 1. The van der Waals surface area contributed by atoms with Crippen molar-refractivity contribution < 1.29 is 4.79 Å². The number of aromatic nitrogens is 4. The zero-order valence-corrected chi connectivity index (χ0v) is 20.3. The first-order chi connectivity index (χ1) is 17.7. The number of rotatable bonds is 5. The maximum absolute atomic E-state index is 13.7. The standard InChI is InChI=1S/C28H30N6O2/c35-27-23(21-7-10-29-11-8-21)18-22-19-33(28(36)24-20-32-14-5-2-6-26(32)30-24)15-9-25(22)34(27)17-16-31-12-3-1-4-13-31/h2,5-8,10-11,14,18,20H,1,3-4,9,12-13,15-17,19H2. The maximum atomic E-state index is 13.7. The van der Waals surface area contributed by atoms with Gasteiger partial charge in [0.1, 0.15) is 11.3 Å². The molecule has 4 aromatic rings. The Bertz CT molecular complexity index is 1420. The third-order valence-electron chi connectivity index (χ3n) is 7.42. The van der Waals surface area contributed by atoms with Crippen molar-refractivity contribution in [3.8, 4) is 11.1 Å². The molecule has 6 heterocycles. The summed E-state index contributed by atoms with van der Waals surface area (Å²) in [6.45, 7) is 4.77. The lowest BCUT2D eigenvalue weighted by atomic mass is 9.99. The summed E-state index contributed by atoms with van der Waals surface area (Å²) in [6, 6.07) is 11.5. The highest BCUT2D eigenvalue weighted by atomic mass is 16.2. The molecule has 0 aromatic carbocycles. The fourth-order valence-electron chi connectivity index (χ4n) is 5.49. The van der Waals surface area contributed by atoms with Crippen molar-refractivity contribution in [3.05, 3.63) is 88.5 Å². The Morgan fingerprint density at radius 2 is 1.81 bits per heavy atom. The van der Waals surface area contributed by atoms with E-state index in [9.17, 15) is 9.59 Å². The molecule has 1 saturated heterocycles. The molecule has 0 unspecified atom stereocenters. The minimum absolute atomic E-state index is 0.0390. The van der Waals surface area contributed by atoms with Crippen LogP contribution in [0.4, 0.5) is 0 Å². The van der Waals surface area contributed by atoms with Crippen LogP contribution in [0.1, 0.15) is 41.0 Å². The first-order valence-electron chi connectivity index (χ1n) is 12.8. The van der Waals surface area contributed by atoms with Gasteiger partial charge in [-0.2, -0.15) is 0 Å². The van der Waals surface area contributed by atoms with Gasteiger partial charge in [-0.1, -0.05) is 12.5 Å². The molecule has 0 atom stereocenters. The Morgan fingerprint density at radius 1 is 0.972 bits per heavy atom. The molecule has 8 nitrogen and oxygen atoms in total. The predicted octanol–water partition coefficient (Wildman–Crippen LogP) is 3.24. The first-order valence-corrected chi connectivity index (χ1v) is 12.8. The van der Waals surface area contributed by atoms with Crippen molar-refractivity contribution in [1.82, 2.24) is 28.7 Å². The lowest BCUT2D eigenvalue weighted by molar-refractivity contribution is 0.0726. The molecule has 6 rings (SSSR count). The number of piperidine rings is 1. The topological polar surface area (TPSA) is 75.7 Å². The second-order valence-corrected chi connectivity index (χ2v) is 9.69. The Hall–Kier alpha value is -3.78. The average Bonchev–Trinajstić information content (AvgIpc) is 3.37. The number of hydrogen-bond acceptors (Lipinski definition) is 5. The van der Waals surface area contributed by atoms with Crippen LogP contribution < -0.4 is 5.56 Å². The van der Waals surface area contributed by atoms with Gasteiger partial charge in [-0.15, -0.1) is 0 Å². The van der Waals surface area contributed by atoms with E-state index in [2.05, 4.69) is 14.9 Å². The molecule has 0 saturated carbocycles. The summed E-state index contributed by atoms with van der Waals surface area (Å²) < 4.78 is 3.83. The van der Waals surface area contributed by atoms with Crippen LogP contribution >= 0.6 is 0 Å². The van der Waals surface area contributed by atoms with Gasteiger partial charge in [0.05, 0.1) is 0 Å². The Labute approximate surface area is 209 Å². The normalized spacial score (nSPS) is 16.3. The number of pyridine rings is 3. The van der Waals surface area contributed by atoms with Crippen LogP contribution in [0, 0.1) is 0 Å². The van der Waals surface area contributed by atoms with E-state index < -0.39 is 0 Å². The molecule has 36 heavy (non-hydrogen) atoms. The predicted molar refractivity (Wildman–Crippen MR) is 138 cm³/mol. The quantitative estimate of drug-likeness (QED) is 0.437. The molecule has 0 N–H and O–H groups in total. The third-order valence-corrected chi connectivity index (χ3v) is 7.42. The molecule has 2 aliphatic rings. The average molecular weight is 483 g/mol. The van der Waals surface area contributed by atoms with Gasteiger partial charge in [0, 0.05) is 68.6 Å². The fraction of sp³-hybridized carbons (Fsp3) is 0.357. The molecular weight excluding hydrogens is 452 g/mol. The minimum Gasteiger partial charge on any atom is -0.332 e. The van der Waals surface area contributed by atoms with Crippen LogP contribution in [0.15, 0.2) is 66.0 Å². The van der Waals surface area contributed by atoms with Crippen LogP contribution in [-0.4, -0.2) is 60.8 Å². The number of imidazole rings is 1. The molecule has 0 spiro atoms. The molecule has 0 bridgehead atoms. The van der Waals surface area contributed by atoms with Crippen molar-refractivity contribution >= 4 is 11.6 Å². The van der Waals surface area contributed by atoms with E-state index in [1.807, 2.05) is 56.5 Å². The number of nitrogens with zero attached hydrogens (tertiary/aromatic N) is 6. The fourth-order valence-corrected chi connectivity index (χ4v) is 5.49. The van der Waals surface area contributed by atoms with E-state index in [1.54, 1.807) is 18.6 Å². The summed E-state index contributed by atoms with van der Waals surface area (Å²) >= 11 is 0. The SMILES string of the molecule is O=C(c1cn2ccccc2n1)N1CCc2c(cc(-c3ccncc3)c(=O)n2CCN2CCCCC2)C1. The van der Waals surface area contributed by atoms with Crippen LogP contribution in [0.3, 0.4) is 0 Å². The van der Waals surface area contributed by atoms with Gasteiger partial charge >= 0.3 is 0 Å². The number of carbonyl (C=O) groups excluding carboxylic acids is 1. The van der Waals surface area contributed by atoms with E-state index in [-0.39, 0.29) is 11.5 Å². The zero-order chi connectivity index (χ0) is 24.5. The van der Waals surface area contributed by atoms with E-state index in [0.29, 0.717) is 37.3 Å². The highest BCUT2D eigenvalue weighted by Crippen LogP contribution is 2.25. The summed E-state index contributed by atoms with van der Waals surface area (Å²) in [5.41, 5.74) is 4.83. The molecule has 0 aliphatic carbocycles. The molecule has 1 amide bonds. The minimum atomic E-state index is -0.0825. The van der Waals surface area contributed by atoms with Gasteiger partial charge < -0.3 is 18.8 Å². The summed E-state index contributed by atoms with van der Waals surface area (Å²) in [7, 11) is 0. The van der Waals surface area contributed by atoms with Gasteiger partial charge in [0.2, 0.25) is 0 Å². The second kappa shape index (κ2) is 9.70. The number of amides is 1. The van der Waals surface area contributed by atoms with Crippen LogP contribution in [0.5, 0.6) is 0 Å². The van der Waals surface area contributed by atoms with Gasteiger partial charge in [-0.3, -0.25) is 14.6 Å². The largest absolute Gasteiger partial charge is 0.332 e. The molecule has 184 valence electrons. The van der Waals surface area contributed by atoms with Gasteiger partial charge in [0.15, 0.2) is 0 Å². The molecule has 4 aromatic heterocycles.